The second-order valence-electron chi connectivity index (χ2n) is 5.20. The Hall–Kier alpha value is -0.400. The Balaban J connectivity index is 0.00000361. The molecule has 1 aromatic carbocycles. The summed E-state index contributed by atoms with van der Waals surface area (Å²) >= 11 is 5.72. The van der Waals surface area contributed by atoms with Crippen LogP contribution in [0.3, 0.4) is 0 Å². The second-order valence-corrected chi connectivity index (χ2v) is 7.65. The van der Waals surface area contributed by atoms with Crippen molar-refractivity contribution in [1.82, 2.24) is 4.31 Å². The van der Waals surface area contributed by atoms with Gasteiger partial charge in [-0.3, -0.25) is 0 Å². The van der Waals surface area contributed by atoms with Crippen LogP contribution in [0, 0.1) is 11.2 Å². The van der Waals surface area contributed by atoms with Gasteiger partial charge in [-0.25, -0.2) is 17.1 Å². The van der Waals surface area contributed by atoms with E-state index in [0.717, 1.165) is 16.4 Å². The number of rotatable bonds is 5. The molecule has 1 aromatic rings. The molecule has 1 rings (SSSR count). The van der Waals surface area contributed by atoms with E-state index in [1.807, 2.05) is 13.8 Å². The van der Waals surface area contributed by atoms with Gasteiger partial charge in [-0.15, -0.1) is 12.4 Å². The Morgan fingerprint density at radius 2 is 1.95 bits per heavy atom. The van der Waals surface area contributed by atoms with E-state index in [-0.39, 0.29) is 24.0 Å². The molecule has 0 spiro atoms. The smallest absolute Gasteiger partial charge is 0.245 e. The van der Waals surface area contributed by atoms with E-state index in [1.54, 1.807) is 0 Å². The summed E-state index contributed by atoms with van der Waals surface area (Å²) < 4.78 is 39.3. The van der Waals surface area contributed by atoms with Gasteiger partial charge in [0, 0.05) is 18.6 Å². The number of halogens is 3. The highest BCUT2D eigenvalue weighted by atomic mass is 35.5. The van der Waals surface area contributed by atoms with Gasteiger partial charge in [-0.05, 0) is 30.2 Å². The van der Waals surface area contributed by atoms with Gasteiger partial charge in [-0.1, -0.05) is 25.4 Å². The van der Waals surface area contributed by atoms with Gasteiger partial charge in [0.1, 0.15) is 10.7 Å². The zero-order valence-corrected chi connectivity index (χ0v) is 13.9. The van der Waals surface area contributed by atoms with Gasteiger partial charge < -0.3 is 5.73 Å². The molecule has 20 heavy (non-hydrogen) atoms. The zero-order chi connectivity index (χ0) is 14.8. The largest absolute Gasteiger partial charge is 0.330 e. The van der Waals surface area contributed by atoms with Crippen LogP contribution in [0.1, 0.15) is 13.8 Å². The molecule has 0 fully saturated rings. The van der Waals surface area contributed by atoms with Crippen molar-refractivity contribution in [3.8, 4) is 0 Å². The van der Waals surface area contributed by atoms with Crippen molar-refractivity contribution >= 4 is 34.0 Å². The molecule has 0 saturated carbocycles. The lowest BCUT2D eigenvalue weighted by atomic mass is 9.94. The Labute approximate surface area is 130 Å². The lowest BCUT2D eigenvalue weighted by Gasteiger charge is -2.28. The zero-order valence-electron chi connectivity index (χ0n) is 11.6. The van der Waals surface area contributed by atoms with Crippen molar-refractivity contribution in [2.75, 3.05) is 20.1 Å². The van der Waals surface area contributed by atoms with E-state index in [0.29, 0.717) is 6.54 Å². The summed E-state index contributed by atoms with van der Waals surface area (Å²) in [5.74, 6) is -0.818. The van der Waals surface area contributed by atoms with Crippen molar-refractivity contribution in [2.45, 2.75) is 18.7 Å². The number of sulfonamides is 1. The molecule has 0 atom stereocenters. The normalized spacial score (nSPS) is 12.3. The molecule has 0 heterocycles. The average molecular weight is 345 g/mol. The van der Waals surface area contributed by atoms with Crippen molar-refractivity contribution in [3.05, 3.63) is 29.0 Å². The minimum Gasteiger partial charge on any atom is -0.330 e. The van der Waals surface area contributed by atoms with E-state index >= 15 is 0 Å². The molecular weight excluding hydrogens is 326 g/mol. The first-order valence-electron chi connectivity index (χ1n) is 5.71. The van der Waals surface area contributed by atoms with Gasteiger partial charge in [0.25, 0.3) is 0 Å². The Morgan fingerprint density at radius 3 is 2.45 bits per heavy atom. The van der Waals surface area contributed by atoms with Crippen molar-refractivity contribution in [1.29, 1.82) is 0 Å². The van der Waals surface area contributed by atoms with Gasteiger partial charge in [0.15, 0.2) is 0 Å². The first-order valence-corrected chi connectivity index (χ1v) is 7.53. The SMILES string of the molecule is CN(CC(C)(C)CN)S(=O)(=O)c1cc(Cl)ccc1F.Cl. The van der Waals surface area contributed by atoms with E-state index in [9.17, 15) is 12.8 Å². The number of hydrogen-bond donors (Lipinski definition) is 1. The monoisotopic (exact) mass is 344 g/mol. The molecule has 0 unspecified atom stereocenters. The third kappa shape index (κ3) is 4.56. The summed E-state index contributed by atoms with van der Waals surface area (Å²) in [6.07, 6.45) is 0. The third-order valence-corrected chi connectivity index (χ3v) is 4.84. The molecule has 0 aromatic heterocycles. The molecule has 0 aliphatic rings. The van der Waals surface area contributed by atoms with E-state index in [4.69, 9.17) is 17.3 Å². The van der Waals surface area contributed by atoms with E-state index in [1.165, 1.54) is 13.1 Å². The molecule has 0 amide bonds. The predicted molar refractivity (Wildman–Crippen MR) is 81.3 cm³/mol. The molecule has 0 aliphatic heterocycles. The fourth-order valence-electron chi connectivity index (χ4n) is 1.60. The van der Waals surface area contributed by atoms with Crippen LogP contribution >= 0.6 is 24.0 Å². The minimum absolute atomic E-state index is 0. The second kappa shape index (κ2) is 7.04. The summed E-state index contributed by atoms with van der Waals surface area (Å²) in [6, 6.07) is 3.45. The summed E-state index contributed by atoms with van der Waals surface area (Å²) in [5, 5.41) is 0.173. The summed E-state index contributed by atoms with van der Waals surface area (Å²) in [5.41, 5.74) is 5.18. The molecule has 0 radical (unpaired) electrons. The molecule has 2 N–H and O–H groups in total. The minimum atomic E-state index is -3.92. The van der Waals surface area contributed by atoms with Crippen LogP contribution in [-0.2, 0) is 10.0 Å². The van der Waals surface area contributed by atoms with Crippen LogP contribution in [0.4, 0.5) is 4.39 Å². The van der Waals surface area contributed by atoms with Gasteiger partial charge in [0.2, 0.25) is 10.0 Å². The highest BCUT2D eigenvalue weighted by Crippen LogP contribution is 2.24. The van der Waals surface area contributed by atoms with Crippen molar-refractivity contribution in [2.24, 2.45) is 11.1 Å². The first kappa shape index (κ1) is 19.6. The maximum atomic E-state index is 13.7. The van der Waals surface area contributed by atoms with Crippen LogP contribution < -0.4 is 5.73 Å². The number of benzene rings is 1. The van der Waals surface area contributed by atoms with Crippen LogP contribution in [0.15, 0.2) is 23.1 Å². The Kier molecular flexibility index (Phi) is 6.90. The molecule has 8 heteroatoms. The van der Waals surface area contributed by atoms with E-state index in [2.05, 4.69) is 0 Å². The van der Waals surface area contributed by atoms with E-state index < -0.39 is 26.2 Å². The lowest BCUT2D eigenvalue weighted by Crippen LogP contribution is -2.40. The van der Waals surface area contributed by atoms with Gasteiger partial charge >= 0.3 is 0 Å². The van der Waals surface area contributed by atoms with Crippen molar-refractivity contribution in [3.63, 3.8) is 0 Å². The maximum absolute atomic E-state index is 13.7. The standard InChI is InChI=1S/C12H18ClFN2O2S.ClH/c1-12(2,7-15)8-16(3)19(17,18)11-6-9(13)4-5-10(11)14;/h4-6H,7-8,15H2,1-3H3;1H. The van der Waals surface area contributed by atoms with Crippen LogP contribution in [-0.4, -0.2) is 32.9 Å². The molecule has 0 bridgehead atoms. The molecule has 0 saturated heterocycles. The van der Waals surface area contributed by atoms with Gasteiger partial charge in [0.05, 0.1) is 0 Å². The maximum Gasteiger partial charge on any atom is 0.245 e. The third-order valence-electron chi connectivity index (χ3n) is 2.78. The summed E-state index contributed by atoms with van der Waals surface area (Å²) in [6.45, 7) is 4.20. The molecular formula is C12H19Cl2FN2O2S. The van der Waals surface area contributed by atoms with Crippen LogP contribution in [0.2, 0.25) is 5.02 Å². The predicted octanol–water partition coefficient (Wildman–Crippen LogP) is 2.51. The quantitative estimate of drug-likeness (QED) is 0.892. The van der Waals surface area contributed by atoms with Gasteiger partial charge in [-0.2, -0.15) is 0 Å². The molecule has 0 aliphatic carbocycles. The lowest BCUT2D eigenvalue weighted by molar-refractivity contribution is 0.291. The first-order chi connectivity index (χ1) is 8.60. The highest BCUT2D eigenvalue weighted by Gasteiger charge is 2.29. The van der Waals surface area contributed by atoms with Crippen molar-refractivity contribution < 1.29 is 12.8 Å². The van der Waals surface area contributed by atoms with Crippen LogP contribution in [0.5, 0.6) is 0 Å². The fraction of sp³-hybridized carbons (Fsp3) is 0.500. The number of nitrogens with zero attached hydrogens (tertiary/aromatic N) is 1. The fourth-order valence-corrected chi connectivity index (χ4v) is 3.28. The topological polar surface area (TPSA) is 63.4 Å². The highest BCUT2D eigenvalue weighted by molar-refractivity contribution is 7.89. The molecule has 116 valence electrons. The summed E-state index contributed by atoms with van der Waals surface area (Å²) in [7, 11) is -2.52. The Bertz CT molecular complexity index is 565. The number of nitrogens with two attached hydrogens (primary N) is 1. The molecule has 4 nitrogen and oxygen atoms in total. The number of hydrogen-bond acceptors (Lipinski definition) is 3. The Morgan fingerprint density at radius 1 is 1.40 bits per heavy atom. The summed E-state index contributed by atoms with van der Waals surface area (Å²) in [4.78, 5) is -0.421. The van der Waals surface area contributed by atoms with Crippen LogP contribution in [0.25, 0.3) is 0 Å². The average Bonchev–Trinajstić information content (AvgIpc) is 2.31.